The van der Waals surface area contributed by atoms with Crippen LogP contribution in [0.15, 0.2) is 114 Å². The molecule has 0 bridgehead atoms. The van der Waals surface area contributed by atoms with Gasteiger partial charge in [0.05, 0.1) is 6.21 Å². The molecule has 0 unspecified atom stereocenters. The highest BCUT2D eigenvalue weighted by atomic mass is 19.1. The van der Waals surface area contributed by atoms with Gasteiger partial charge in [0.2, 0.25) is 17.8 Å². The zero-order valence-corrected chi connectivity index (χ0v) is 20.3. The fourth-order valence-corrected chi connectivity index (χ4v) is 3.40. The molecule has 1 aromatic heterocycles. The molecular weight excluding hydrogens is 481 g/mol. The van der Waals surface area contributed by atoms with E-state index in [4.69, 9.17) is 4.74 Å². The Morgan fingerprint density at radius 3 is 1.79 bits per heavy atom. The van der Waals surface area contributed by atoms with E-state index in [1.807, 2.05) is 84.9 Å². The van der Waals surface area contributed by atoms with E-state index in [0.717, 1.165) is 22.5 Å². The van der Waals surface area contributed by atoms with E-state index < -0.39 is 0 Å². The molecule has 0 aliphatic rings. The lowest BCUT2D eigenvalue weighted by Crippen LogP contribution is -2.07. The number of ether oxygens (including phenoxy) is 1. The molecule has 188 valence electrons. The topological polar surface area (TPSA) is 96.4 Å². The van der Waals surface area contributed by atoms with Crippen LogP contribution in [0.25, 0.3) is 0 Å². The maximum absolute atomic E-state index is 13.0. The van der Waals surface area contributed by atoms with Crippen LogP contribution in [-0.2, 0) is 6.61 Å². The second-order valence-electron chi connectivity index (χ2n) is 8.14. The lowest BCUT2D eigenvalue weighted by Gasteiger charge is -2.10. The van der Waals surface area contributed by atoms with Gasteiger partial charge in [0.1, 0.15) is 18.2 Å². The Hall–Kier alpha value is -5.31. The first-order valence-electron chi connectivity index (χ1n) is 11.9. The number of rotatable bonds is 10. The van der Waals surface area contributed by atoms with E-state index in [-0.39, 0.29) is 11.8 Å². The predicted molar refractivity (Wildman–Crippen MR) is 148 cm³/mol. The van der Waals surface area contributed by atoms with Gasteiger partial charge < -0.3 is 15.4 Å². The van der Waals surface area contributed by atoms with E-state index in [1.165, 1.54) is 12.1 Å². The van der Waals surface area contributed by atoms with Gasteiger partial charge in [-0.05, 0) is 71.8 Å². The molecule has 0 amide bonds. The lowest BCUT2D eigenvalue weighted by atomic mass is 10.2. The molecule has 0 fully saturated rings. The summed E-state index contributed by atoms with van der Waals surface area (Å²) in [5, 5.41) is 10.6. The molecule has 1 heterocycles. The zero-order valence-electron chi connectivity index (χ0n) is 20.3. The van der Waals surface area contributed by atoms with Crippen LogP contribution in [0.2, 0.25) is 0 Å². The third kappa shape index (κ3) is 7.11. The highest BCUT2D eigenvalue weighted by Gasteiger charge is 2.07. The summed E-state index contributed by atoms with van der Waals surface area (Å²) in [6.07, 6.45) is 1.65. The van der Waals surface area contributed by atoms with Crippen molar-refractivity contribution in [2.75, 3.05) is 16.1 Å². The van der Waals surface area contributed by atoms with Crippen LogP contribution >= 0.6 is 0 Å². The van der Waals surface area contributed by atoms with Crippen LogP contribution in [0.3, 0.4) is 0 Å². The molecule has 5 rings (SSSR count). The van der Waals surface area contributed by atoms with Gasteiger partial charge in [0.25, 0.3) is 0 Å². The molecule has 3 N–H and O–H groups in total. The van der Waals surface area contributed by atoms with Gasteiger partial charge in [-0.15, -0.1) is 0 Å². The normalized spacial score (nSPS) is 10.8. The maximum atomic E-state index is 13.0. The molecule has 0 radical (unpaired) electrons. The fraction of sp³-hybridized carbons (Fsp3) is 0.0345. The first kappa shape index (κ1) is 24.4. The first-order chi connectivity index (χ1) is 18.7. The van der Waals surface area contributed by atoms with Gasteiger partial charge in [-0.25, -0.2) is 9.82 Å². The van der Waals surface area contributed by atoms with Crippen LogP contribution < -0.4 is 20.8 Å². The molecule has 9 heteroatoms. The number of benzene rings is 4. The molecule has 0 saturated heterocycles. The van der Waals surface area contributed by atoms with Crippen LogP contribution in [0.4, 0.5) is 33.6 Å². The van der Waals surface area contributed by atoms with Crippen molar-refractivity contribution in [1.82, 2.24) is 15.0 Å². The molecule has 8 nitrogen and oxygen atoms in total. The Bertz CT molecular complexity index is 1420. The number of nitrogens with one attached hydrogen (secondary N) is 3. The van der Waals surface area contributed by atoms with E-state index in [9.17, 15) is 4.39 Å². The zero-order chi connectivity index (χ0) is 26.0. The van der Waals surface area contributed by atoms with Crippen LogP contribution in [0, 0.1) is 5.82 Å². The van der Waals surface area contributed by atoms with Crippen molar-refractivity contribution in [3.05, 3.63) is 126 Å². The molecule has 5 aromatic rings. The lowest BCUT2D eigenvalue weighted by molar-refractivity contribution is 0.306. The van der Waals surface area contributed by atoms with Crippen LogP contribution in [0.5, 0.6) is 5.75 Å². The minimum atomic E-state index is -0.268. The van der Waals surface area contributed by atoms with Gasteiger partial charge in [0, 0.05) is 11.4 Å². The smallest absolute Gasteiger partial charge is 0.250 e. The summed E-state index contributed by atoms with van der Waals surface area (Å²) < 4.78 is 18.8. The van der Waals surface area contributed by atoms with Crippen molar-refractivity contribution in [2.24, 2.45) is 5.10 Å². The number of para-hydroxylation sites is 2. The molecular formula is C29H24FN7O. The Kier molecular flexibility index (Phi) is 7.76. The number of nitrogens with zero attached hydrogens (tertiary/aromatic N) is 4. The molecule has 4 aromatic carbocycles. The highest BCUT2D eigenvalue weighted by molar-refractivity contribution is 5.80. The summed E-state index contributed by atoms with van der Waals surface area (Å²) >= 11 is 0. The van der Waals surface area contributed by atoms with E-state index in [0.29, 0.717) is 24.3 Å². The summed E-state index contributed by atoms with van der Waals surface area (Å²) in [7, 11) is 0. The van der Waals surface area contributed by atoms with Crippen LogP contribution in [-0.4, -0.2) is 21.2 Å². The molecule has 38 heavy (non-hydrogen) atoms. The number of hydrogen-bond donors (Lipinski definition) is 3. The second kappa shape index (κ2) is 12.1. The molecule has 0 aliphatic carbocycles. The minimum Gasteiger partial charge on any atom is -0.489 e. The average molecular weight is 506 g/mol. The maximum Gasteiger partial charge on any atom is 0.250 e. The number of halogens is 1. The van der Waals surface area contributed by atoms with E-state index in [1.54, 1.807) is 18.3 Å². The highest BCUT2D eigenvalue weighted by Crippen LogP contribution is 2.19. The largest absolute Gasteiger partial charge is 0.489 e. The summed E-state index contributed by atoms with van der Waals surface area (Å²) in [5.41, 5.74) is 6.31. The molecule has 0 saturated carbocycles. The number of anilines is 5. The van der Waals surface area contributed by atoms with Crippen molar-refractivity contribution >= 4 is 35.4 Å². The van der Waals surface area contributed by atoms with E-state index >= 15 is 0 Å². The quantitative estimate of drug-likeness (QED) is 0.147. The van der Waals surface area contributed by atoms with Gasteiger partial charge >= 0.3 is 0 Å². The van der Waals surface area contributed by atoms with Crippen LogP contribution in [0.1, 0.15) is 11.1 Å². The Labute approximate surface area is 219 Å². The summed E-state index contributed by atoms with van der Waals surface area (Å²) in [6, 6.07) is 32.9. The van der Waals surface area contributed by atoms with Gasteiger partial charge in [-0.1, -0.05) is 48.5 Å². The SMILES string of the molecule is Fc1ccc(COc2ccc(/C=N/Nc3nc(Nc4ccccc4)nc(Nc4ccccc4)n3)cc2)cc1. The van der Waals surface area contributed by atoms with Crippen molar-refractivity contribution in [3.63, 3.8) is 0 Å². The molecule has 0 aliphatic heterocycles. The predicted octanol–water partition coefficient (Wildman–Crippen LogP) is 6.52. The number of aromatic nitrogens is 3. The van der Waals surface area contributed by atoms with Gasteiger partial charge in [-0.3, -0.25) is 0 Å². The summed E-state index contributed by atoms with van der Waals surface area (Å²) in [6.45, 7) is 0.355. The average Bonchev–Trinajstić information content (AvgIpc) is 2.94. The van der Waals surface area contributed by atoms with Gasteiger partial charge in [-0.2, -0.15) is 20.1 Å². The van der Waals surface area contributed by atoms with Crippen molar-refractivity contribution in [1.29, 1.82) is 0 Å². The fourth-order valence-electron chi connectivity index (χ4n) is 3.40. The summed E-state index contributed by atoms with van der Waals surface area (Å²) in [4.78, 5) is 13.3. The standard InChI is InChI=1S/C29H24FN7O/c30-23-15-11-22(12-16-23)20-38-26-17-13-21(14-18-26)19-31-37-29-35-27(32-24-7-3-1-4-8-24)34-28(36-29)33-25-9-5-2-6-10-25/h1-19H,20H2,(H3,32,33,34,35,36,37)/b31-19+. The van der Waals surface area contributed by atoms with Gasteiger partial charge in [0.15, 0.2) is 0 Å². The summed E-state index contributed by atoms with van der Waals surface area (Å²) in [5.74, 6) is 1.43. The molecule has 0 atom stereocenters. The Balaban J connectivity index is 1.25. The second-order valence-corrected chi connectivity index (χ2v) is 8.14. The minimum absolute atomic E-state index is 0.268. The van der Waals surface area contributed by atoms with E-state index in [2.05, 4.69) is 36.1 Å². The van der Waals surface area contributed by atoms with Crippen molar-refractivity contribution in [2.45, 2.75) is 6.61 Å². The molecule has 0 spiro atoms. The Morgan fingerprint density at radius 1 is 0.658 bits per heavy atom. The Morgan fingerprint density at radius 2 is 1.21 bits per heavy atom. The third-order valence-corrected chi connectivity index (χ3v) is 5.27. The number of hydrogen-bond acceptors (Lipinski definition) is 8. The monoisotopic (exact) mass is 505 g/mol. The van der Waals surface area contributed by atoms with Crippen molar-refractivity contribution in [3.8, 4) is 5.75 Å². The first-order valence-corrected chi connectivity index (χ1v) is 11.9. The van der Waals surface area contributed by atoms with Crippen molar-refractivity contribution < 1.29 is 9.13 Å². The third-order valence-electron chi connectivity index (χ3n) is 5.27. The number of hydrazone groups is 1.